The first kappa shape index (κ1) is 20.6. The predicted molar refractivity (Wildman–Crippen MR) is 118 cm³/mol. The summed E-state index contributed by atoms with van der Waals surface area (Å²) in [6.45, 7) is 4.17. The molecule has 2 aromatic carbocycles. The Morgan fingerprint density at radius 2 is 1.66 bits per heavy atom. The lowest BCUT2D eigenvalue weighted by molar-refractivity contribution is 0.150. The normalized spacial score (nSPS) is 24.2. The summed E-state index contributed by atoms with van der Waals surface area (Å²) in [6, 6.07) is 18.7. The zero-order valence-corrected chi connectivity index (χ0v) is 18.3. The second kappa shape index (κ2) is 8.58. The summed E-state index contributed by atoms with van der Waals surface area (Å²) in [5.41, 5.74) is 2.44. The van der Waals surface area contributed by atoms with E-state index in [1.807, 2.05) is 19.1 Å². The van der Waals surface area contributed by atoms with E-state index in [1.165, 1.54) is 18.4 Å². The highest BCUT2D eigenvalue weighted by Crippen LogP contribution is 2.35. The summed E-state index contributed by atoms with van der Waals surface area (Å²) in [4.78, 5) is 3.01. The molecule has 0 aromatic heterocycles. The Morgan fingerprint density at radius 1 is 0.931 bits per heavy atom. The Balaban J connectivity index is 1.36. The van der Waals surface area contributed by atoms with E-state index in [2.05, 4.69) is 35.2 Å². The van der Waals surface area contributed by atoms with Crippen LogP contribution in [0.4, 0.5) is 0 Å². The number of rotatable bonds is 5. The standard InChI is InChI=1S/C24H32N2O2S/c1-19-7-6-10-24(17-19)29(27,28)25(2)22-11-12-23(18-22)26-15-13-21(14-16-26)20-8-4-3-5-9-20/h3-10,17,21-23H,11-16,18H2,1-2H3. The molecule has 0 amide bonds. The first-order valence-electron chi connectivity index (χ1n) is 10.8. The molecule has 2 unspecified atom stereocenters. The fraction of sp³-hybridized carbons (Fsp3) is 0.500. The summed E-state index contributed by atoms with van der Waals surface area (Å²) in [6.07, 6.45) is 5.38. The Morgan fingerprint density at radius 3 is 2.34 bits per heavy atom. The van der Waals surface area contributed by atoms with E-state index in [0.29, 0.717) is 16.9 Å². The van der Waals surface area contributed by atoms with Crippen LogP contribution >= 0.6 is 0 Å². The van der Waals surface area contributed by atoms with Gasteiger partial charge in [-0.1, -0.05) is 42.5 Å². The summed E-state index contributed by atoms with van der Waals surface area (Å²) in [7, 11) is -1.67. The van der Waals surface area contributed by atoms with Gasteiger partial charge in [0.2, 0.25) is 10.0 Å². The van der Waals surface area contributed by atoms with Crippen LogP contribution in [0.1, 0.15) is 49.1 Å². The third kappa shape index (κ3) is 4.42. The van der Waals surface area contributed by atoms with Crippen LogP contribution in [0.5, 0.6) is 0 Å². The van der Waals surface area contributed by atoms with Crippen LogP contribution in [-0.2, 0) is 10.0 Å². The van der Waals surface area contributed by atoms with Gasteiger partial charge in [-0.2, -0.15) is 4.31 Å². The van der Waals surface area contributed by atoms with Crippen LogP contribution in [0.3, 0.4) is 0 Å². The van der Waals surface area contributed by atoms with Crippen LogP contribution in [-0.4, -0.2) is 49.8 Å². The molecule has 4 nitrogen and oxygen atoms in total. The Bertz CT molecular complexity index is 921. The lowest BCUT2D eigenvalue weighted by Gasteiger charge is -2.36. The molecule has 1 saturated carbocycles. The first-order valence-corrected chi connectivity index (χ1v) is 12.2. The van der Waals surface area contributed by atoms with Crippen molar-refractivity contribution in [3.05, 3.63) is 65.7 Å². The van der Waals surface area contributed by atoms with Gasteiger partial charge in [-0.3, -0.25) is 0 Å². The van der Waals surface area contributed by atoms with E-state index in [4.69, 9.17) is 0 Å². The molecule has 0 bridgehead atoms. The third-order valence-corrected chi connectivity index (χ3v) is 8.78. The van der Waals surface area contributed by atoms with Gasteiger partial charge in [0.1, 0.15) is 0 Å². The van der Waals surface area contributed by atoms with Gasteiger partial charge in [0.05, 0.1) is 4.90 Å². The molecule has 1 saturated heterocycles. The molecule has 2 aliphatic rings. The minimum Gasteiger partial charge on any atom is -0.300 e. The Labute approximate surface area is 175 Å². The topological polar surface area (TPSA) is 40.6 Å². The summed E-state index contributed by atoms with van der Waals surface area (Å²) >= 11 is 0. The number of nitrogens with zero attached hydrogens (tertiary/aromatic N) is 2. The molecular formula is C24H32N2O2S. The van der Waals surface area contributed by atoms with Crippen molar-refractivity contribution in [3.63, 3.8) is 0 Å². The number of piperidine rings is 1. The van der Waals surface area contributed by atoms with Gasteiger partial charge in [-0.25, -0.2) is 8.42 Å². The second-order valence-corrected chi connectivity index (χ2v) is 10.7. The average molecular weight is 413 g/mol. The van der Waals surface area contributed by atoms with Crippen LogP contribution in [0.15, 0.2) is 59.5 Å². The van der Waals surface area contributed by atoms with Gasteiger partial charge < -0.3 is 4.90 Å². The van der Waals surface area contributed by atoms with E-state index in [0.717, 1.165) is 37.9 Å². The lowest BCUT2D eigenvalue weighted by Crippen LogP contribution is -2.41. The Kier molecular flexibility index (Phi) is 6.09. The van der Waals surface area contributed by atoms with E-state index < -0.39 is 10.0 Å². The number of hydrogen-bond donors (Lipinski definition) is 0. The van der Waals surface area contributed by atoms with Crippen molar-refractivity contribution >= 4 is 10.0 Å². The lowest BCUT2D eigenvalue weighted by atomic mass is 9.89. The Hall–Kier alpha value is -1.69. The molecule has 5 heteroatoms. The van der Waals surface area contributed by atoms with Crippen molar-refractivity contribution < 1.29 is 8.42 Å². The summed E-state index contributed by atoms with van der Waals surface area (Å²) in [5, 5.41) is 0. The van der Waals surface area contributed by atoms with Crippen LogP contribution in [0.2, 0.25) is 0 Å². The van der Waals surface area contributed by atoms with Crippen molar-refractivity contribution in [1.29, 1.82) is 0 Å². The van der Waals surface area contributed by atoms with Crippen LogP contribution < -0.4 is 0 Å². The molecule has 1 heterocycles. The molecule has 2 atom stereocenters. The van der Waals surface area contributed by atoms with Crippen molar-refractivity contribution in [2.45, 2.75) is 61.9 Å². The fourth-order valence-corrected chi connectivity index (χ4v) is 6.56. The molecule has 1 aliphatic heterocycles. The van der Waals surface area contributed by atoms with E-state index in [9.17, 15) is 8.42 Å². The quantitative estimate of drug-likeness (QED) is 0.730. The molecule has 156 valence electrons. The number of likely N-dealkylation sites (tertiary alicyclic amines) is 1. The minimum absolute atomic E-state index is 0.0948. The number of aryl methyl sites for hydroxylation is 1. The summed E-state index contributed by atoms with van der Waals surface area (Å²) in [5.74, 6) is 0.661. The number of sulfonamides is 1. The molecule has 0 radical (unpaired) electrons. The maximum absolute atomic E-state index is 13.1. The number of benzene rings is 2. The van der Waals surface area contributed by atoms with Crippen LogP contribution in [0.25, 0.3) is 0 Å². The third-order valence-electron chi connectivity index (χ3n) is 6.87. The molecule has 2 aromatic rings. The largest absolute Gasteiger partial charge is 0.300 e. The maximum atomic E-state index is 13.1. The SMILES string of the molecule is Cc1cccc(S(=O)(=O)N(C)C2CCC(N3CCC(c4ccccc4)CC3)C2)c1. The van der Waals surface area contributed by atoms with Crippen molar-refractivity contribution in [1.82, 2.24) is 9.21 Å². The van der Waals surface area contributed by atoms with Crippen molar-refractivity contribution in [2.75, 3.05) is 20.1 Å². The highest BCUT2D eigenvalue weighted by Gasteiger charge is 2.37. The zero-order chi connectivity index (χ0) is 20.4. The molecular weight excluding hydrogens is 380 g/mol. The molecule has 0 N–H and O–H groups in total. The summed E-state index contributed by atoms with van der Waals surface area (Å²) < 4.78 is 27.8. The maximum Gasteiger partial charge on any atom is 0.243 e. The molecule has 1 aliphatic carbocycles. The van der Waals surface area contributed by atoms with Gasteiger partial charge >= 0.3 is 0 Å². The minimum atomic E-state index is -3.43. The van der Waals surface area contributed by atoms with Crippen LogP contribution in [0, 0.1) is 6.92 Å². The molecule has 2 fully saturated rings. The highest BCUT2D eigenvalue weighted by atomic mass is 32.2. The smallest absolute Gasteiger partial charge is 0.243 e. The van der Waals surface area contributed by atoms with Gasteiger partial charge in [0.15, 0.2) is 0 Å². The highest BCUT2D eigenvalue weighted by molar-refractivity contribution is 7.89. The molecule has 4 rings (SSSR count). The van der Waals surface area contributed by atoms with E-state index in [1.54, 1.807) is 23.5 Å². The monoisotopic (exact) mass is 412 g/mol. The van der Waals surface area contributed by atoms with E-state index >= 15 is 0 Å². The van der Waals surface area contributed by atoms with Gasteiger partial charge in [-0.05, 0) is 81.3 Å². The van der Waals surface area contributed by atoms with Gasteiger partial charge in [0, 0.05) is 19.1 Å². The van der Waals surface area contributed by atoms with E-state index in [-0.39, 0.29) is 6.04 Å². The molecule has 29 heavy (non-hydrogen) atoms. The second-order valence-electron chi connectivity index (χ2n) is 8.68. The first-order chi connectivity index (χ1) is 13.9. The fourth-order valence-electron chi connectivity index (χ4n) is 5.06. The van der Waals surface area contributed by atoms with Gasteiger partial charge in [-0.15, -0.1) is 0 Å². The van der Waals surface area contributed by atoms with Crippen molar-refractivity contribution in [2.24, 2.45) is 0 Å². The average Bonchev–Trinajstić information content (AvgIpc) is 3.24. The molecule has 0 spiro atoms. The predicted octanol–water partition coefficient (Wildman–Crippen LogP) is 4.42. The van der Waals surface area contributed by atoms with Gasteiger partial charge in [0.25, 0.3) is 0 Å². The number of hydrogen-bond acceptors (Lipinski definition) is 3. The van der Waals surface area contributed by atoms with Crippen molar-refractivity contribution in [3.8, 4) is 0 Å². The zero-order valence-electron chi connectivity index (χ0n) is 17.5.